The number of anilines is 1. The van der Waals surface area contributed by atoms with E-state index in [1.54, 1.807) is 13.1 Å². The van der Waals surface area contributed by atoms with Gasteiger partial charge < -0.3 is 10.1 Å². The van der Waals surface area contributed by atoms with Gasteiger partial charge in [-0.2, -0.15) is 5.26 Å². The van der Waals surface area contributed by atoms with Gasteiger partial charge in [0.1, 0.15) is 34.3 Å². The predicted molar refractivity (Wildman–Crippen MR) is 70.5 cm³/mol. The van der Waals surface area contributed by atoms with Crippen molar-refractivity contribution in [2.75, 3.05) is 12.4 Å². The van der Waals surface area contributed by atoms with E-state index in [2.05, 4.69) is 31.2 Å². The average Bonchev–Trinajstić information content (AvgIpc) is 2.41. The van der Waals surface area contributed by atoms with Crippen LogP contribution in [0, 0.1) is 17.1 Å². The van der Waals surface area contributed by atoms with Crippen molar-refractivity contribution < 1.29 is 9.13 Å². The molecule has 0 spiro atoms. The van der Waals surface area contributed by atoms with Gasteiger partial charge >= 0.3 is 0 Å². The number of ether oxygens (including phenoxy) is 1. The lowest BCUT2D eigenvalue weighted by Crippen LogP contribution is -1.98. The molecule has 0 aliphatic heterocycles. The molecule has 0 unspecified atom stereocenters. The van der Waals surface area contributed by atoms with E-state index in [9.17, 15) is 4.39 Å². The molecule has 0 aliphatic rings. The highest BCUT2D eigenvalue weighted by Crippen LogP contribution is 2.31. The molecule has 96 valence electrons. The van der Waals surface area contributed by atoms with Gasteiger partial charge in [0.25, 0.3) is 0 Å². The van der Waals surface area contributed by atoms with Gasteiger partial charge in [0.2, 0.25) is 5.88 Å². The van der Waals surface area contributed by atoms with Crippen LogP contribution in [0.1, 0.15) is 5.56 Å². The Bertz CT molecular complexity index is 657. The molecule has 0 saturated heterocycles. The van der Waals surface area contributed by atoms with Crippen LogP contribution in [-0.4, -0.2) is 17.0 Å². The van der Waals surface area contributed by atoms with Crippen LogP contribution in [0.3, 0.4) is 0 Å². The van der Waals surface area contributed by atoms with Crippen LogP contribution < -0.4 is 10.1 Å². The summed E-state index contributed by atoms with van der Waals surface area (Å²) in [4.78, 5) is 7.92. The van der Waals surface area contributed by atoms with Gasteiger partial charge in [-0.25, -0.2) is 14.4 Å². The van der Waals surface area contributed by atoms with Crippen LogP contribution in [-0.2, 0) is 0 Å². The van der Waals surface area contributed by atoms with Gasteiger partial charge in [-0.05, 0) is 28.1 Å². The highest BCUT2D eigenvalue weighted by atomic mass is 79.9. The zero-order valence-corrected chi connectivity index (χ0v) is 11.4. The van der Waals surface area contributed by atoms with Crippen molar-refractivity contribution in [2.24, 2.45) is 0 Å². The van der Waals surface area contributed by atoms with Crippen molar-refractivity contribution in [3.05, 3.63) is 40.4 Å². The third kappa shape index (κ3) is 2.80. The van der Waals surface area contributed by atoms with E-state index in [1.165, 1.54) is 18.5 Å². The standard InChI is InChI=1S/C12H8BrFN4O/c1-16-11-10(13)12(18-6-17-11)19-8-3-2-7(5-15)9(14)4-8/h2-4,6H,1H3,(H,16,17,18). The molecular formula is C12H8BrFN4O. The molecule has 0 fully saturated rings. The lowest BCUT2D eigenvalue weighted by molar-refractivity contribution is 0.453. The first-order chi connectivity index (χ1) is 9.15. The van der Waals surface area contributed by atoms with Crippen molar-refractivity contribution in [3.8, 4) is 17.7 Å². The van der Waals surface area contributed by atoms with Crippen molar-refractivity contribution >= 4 is 21.7 Å². The van der Waals surface area contributed by atoms with Gasteiger partial charge in [0, 0.05) is 13.1 Å². The van der Waals surface area contributed by atoms with Crippen molar-refractivity contribution in [1.29, 1.82) is 5.26 Å². The van der Waals surface area contributed by atoms with Crippen molar-refractivity contribution in [2.45, 2.75) is 0 Å². The minimum Gasteiger partial charge on any atom is -0.438 e. The number of hydrogen-bond donors (Lipinski definition) is 1. The summed E-state index contributed by atoms with van der Waals surface area (Å²) in [5.41, 5.74) is -0.0370. The van der Waals surface area contributed by atoms with Crippen LogP contribution in [0.4, 0.5) is 10.2 Å². The maximum Gasteiger partial charge on any atom is 0.238 e. The predicted octanol–water partition coefficient (Wildman–Crippen LogP) is 3.08. The molecule has 1 N–H and O–H groups in total. The number of halogens is 2. The second-order valence-corrected chi connectivity index (χ2v) is 4.24. The van der Waals surface area contributed by atoms with Crippen molar-refractivity contribution in [3.63, 3.8) is 0 Å². The molecule has 2 rings (SSSR count). The van der Waals surface area contributed by atoms with Crippen LogP contribution in [0.5, 0.6) is 11.6 Å². The van der Waals surface area contributed by atoms with Crippen LogP contribution >= 0.6 is 15.9 Å². The zero-order valence-electron chi connectivity index (χ0n) is 9.82. The van der Waals surface area contributed by atoms with E-state index >= 15 is 0 Å². The zero-order chi connectivity index (χ0) is 13.8. The summed E-state index contributed by atoms with van der Waals surface area (Å²) in [6.45, 7) is 0. The van der Waals surface area contributed by atoms with Gasteiger partial charge in [-0.1, -0.05) is 0 Å². The second-order valence-electron chi connectivity index (χ2n) is 3.45. The quantitative estimate of drug-likeness (QED) is 0.940. The number of aromatic nitrogens is 2. The van der Waals surface area contributed by atoms with Crippen molar-refractivity contribution in [1.82, 2.24) is 9.97 Å². The highest BCUT2D eigenvalue weighted by Gasteiger charge is 2.11. The number of nitrogens with one attached hydrogen (secondary N) is 1. The number of rotatable bonds is 3. The Kier molecular flexibility index (Phi) is 3.92. The third-order valence-electron chi connectivity index (χ3n) is 2.27. The van der Waals surface area contributed by atoms with Crippen LogP contribution in [0.25, 0.3) is 0 Å². The monoisotopic (exact) mass is 322 g/mol. The molecule has 0 bridgehead atoms. The van der Waals surface area contributed by atoms with E-state index in [0.29, 0.717) is 10.3 Å². The Morgan fingerprint density at radius 2 is 2.21 bits per heavy atom. The molecule has 0 radical (unpaired) electrons. The lowest BCUT2D eigenvalue weighted by atomic mass is 10.2. The number of benzene rings is 1. The molecule has 0 aliphatic carbocycles. The molecule has 19 heavy (non-hydrogen) atoms. The van der Waals surface area contributed by atoms with Crippen LogP contribution in [0.15, 0.2) is 29.0 Å². The Morgan fingerprint density at radius 1 is 1.42 bits per heavy atom. The molecular weight excluding hydrogens is 315 g/mol. The maximum absolute atomic E-state index is 13.4. The summed E-state index contributed by atoms with van der Waals surface area (Å²) in [5, 5.41) is 11.5. The van der Waals surface area contributed by atoms with Gasteiger partial charge in [0.15, 0.2) is 0 Å². The molecule has 1 aromatic carbocycles. The largest absolute Gasteiger partial charge is 0.438 e. The van der Waals surface area contributed by atoms with E-state index in [4.69, 9.17) is 10.00 Å². The van der Waals surface area contributed by atoms with E-state index in [-0.39, 0.29) is 17.2 Å². The summed E-state index contributed by atoms with van der Waals surface area (Å²) in [6.07, 6.45) is 1.33. The fraction of sp³-hybridized carbons (Fsp3) is 0.0833. The van der Waals surface area contributed by atoms with Gasteiger partial charge in [-0.3, -0.25) is 0 Å². The minimum absolute atomic E-state index is 0.0370. The second kappa shape index (κ2) is 5.63. The summed E-state index contributed by atoms with van der Waals surface area (Å²) < 4.78 is 19.4. The van der Waals surface area contributed by atoms with Crippen LogP contribution in [0.2, 0.25) is 0 Å². The molecule has 0 atom stereocenters. The SMILES string of the molecule is CNc1ncnc(Oc2ccc(C#N)c(F)c2)c1Br. The summed E-state index contributed by atoms with van der Waals surface area (Å²) in [5.74, 6) is 0.416. The molecule has 7 heteroatoms. The Hall–Kier alpha value is -2.20. The summed E-state index contributed by atoms with van der Waals surface area (Å²) in [6, 6.07) is 5.71. The summed E-state index contributed by atoms with van der Waals surface area (Å²) in [7, 11) is 1.71. The molecule has 0 amide bonds. The van der Waals surface area contributed by atoms with Gasteiger partial charge in [0.05, 0.1) is 5.56 Å². The van der Waals surface area contributed by atoms with Gasteiger partial charge in [-0.15, -0.1) is 0 Å². The normalized spacial score (nSPS) is 9.79. The Morgan fingerprint density at radius 3 is 2.84 bits per heavy atom. The van der Waals surface area contributed by atoms with E-state index in [0.717, 1.165) is 6.07 Å². The molecule has 1 heterocycles. The first-order valence-electron chi connectivity index (χ1n) is 5.21. The minimum atomic E-state index is -0.640. The van der Waals surface area contributed by atoms with E-state index in [1.807, 2.05) is 0 Å². The average molecular weight is 323 g/mol. The lowest BCUT2D eigenvalue weighted by Gasteiger charge is -2.09. The Labute approximate surface area is 117 Å². The fourth-order valence-corrected chi connectivity index (χ4v) is 1.84. The third-order valence-corrected chi connectivity index (χ3v) is 2.98. The maximum atomic E-state index is 13.4. The first-order valence-corrected chi connectivity index (χ1v) is 6.00. The first kappa shape index (κ1) is 13.2. The Balaban J connectivity index is 2.32. The van der Waals surface area contributed by atoms with E-state index < -0.39 is 5.82 Å². The fourth-order valence-electron chi connectivity index (χ4n) is 1.36. The number of hydrogen-bond acceptors (Lipinski definition) is 5. The number of nitrogens with zero attached hydrogens (tertiary/aromatic N) is 3. The molecule has 0 saturated carbocycles. The number of nitriles is 1. The molecule has 1 aromatic heterocycles. The molecule has 2 aromatic rings. The smallest absolute Gasteiger partial charge is 0.238 e. The summed E-state index contributed by atoms with van der Waals surface area (Å²) >= 11 is 3.29. The molecule has 5 nitrogen and oxygen atoms in total. The topological polar surface area (TPSA) is 70.8 Å². The highest BCUT2D eigenvalue weighted by molar-refractivity contribution is 9.10.